The number of carboxylic acid groups (broad SMARTS) is 1. The number of carbonyl (C=O) groups is 2. The van der Waals surface area contributed by atoms with Crippen LogP contribution in [0.3, 0.4) is 0 Å². The SMILES string of the molecule is CC1CCCN(C(=O)Cc2c(C(=O)[O-])[nH]c3ccccc23)C1. The van der Waals surface area contributed by atoms with Gasteiger partial charge >= 0.3 is 0 Å². The molecule has 1 aliphatic heterocycles. The summed E-state index contributed by atoms with van der Waals surface area (Å²) in [5.74, 6) is -0.786. The van der Waals surface area contributed by atoms with E-state index in [9.17, 15) is 14.7 Å². The van der Waals surface area contributed by atoms with E-state index >= 15 is 0 Å². The first-order valence-corrected chi connectivity index (χ1v) is 7.65. The van der Waals surface area contributed by atoms with Crippen molar-refractivity contribution in [3.05, 3.63) is 35.5 Å². The second kappa shape index (κ2) is 5.83. The minimum absolute atomic E-state index is 0.0135. The van der Waals surface area contributed by atoms with Crippen LogP contribution >= 0.6 is 0 Å². The summed E-state index contributed by atoms with van der Waals surface area (Å²) in [4.78, 5) is 28.6. The topological polar surface area (TPSA) is 76.2 Å². The molecule has 22 heavy (non-hydrogen) atoms. The number of rotatable bonds is 3. The maximum Gasteiger partial charge on any atom is 0.227 e. The molecule has 3 rings (SSSR count). The van der Waals surface area contributed by atoms with E-state index in [0.29, 0.717) is 11.5 Å². The van der Waals surface area contributed by atoms with Crippen LogP contribution in [0.2, 0.25) is 0 Å². The maximum atomic E-state index is 12.5. The molecule has 116 valence electrons. The second-order valence-electron chi connectivity index (χ2n) is 6.08. The Bertz CT molecular complexity index is 720. The van der Waals surface area contributed by atoms with Crippen molar-refractivity contribution >= 4 is 22.8 Å². The molecule has 0 radical (unpaired) electrons. The number of benzene rings is 1. The number of fused-ring (bicyclic) bond motifs is 1. The van der Waals surface area contributed by atoms with Crippen molar-refractivity contribution in [3.8, 4) is 0 Å². The largest absolute Gasteiger partial charge is 0.543 e. The van der Waals surface area contributed by atoms with Gasteiger partial charge in [0.15, 0.2) is 0 Å². The molecule has 0 aliphatic carbocycles. The van der Waals surface area contributed by atoms with E-state index in [2.05, 4.69) is 11.9 Å². The van der Waals surface area contributed by atoms with Gasteiger partial charge in [0.25, 0.3) is 0 Å². The smallest absolute Gasteiger partial charge is 0.227 e. The van der Waals surface area contributed by atoms with Crippen LogP contribution in [0.5, 0.6) is 0 Å². The van der Waals surface area contributed by atoms with Gasteiger partial charge in [0.1, 0.15) is 0 Å². The van der Waals surface area contributed by atoms with E-state index in [-0.39, 0.29) is 18.0 Å². The lowest BCUT2D eigenvalue weighted by Gasteiger charge is -2.31. The summed E-state index contributed by atoms with van der Waals surface area (Å²) in [6, 6.07) is 7.31. The van der Waals surface area contributed by atoms with E-state index in [1.54, 1.807) is 6.07 Å². The van der Waals surface area contributed by atoms with E-state index in [1.807, 2.05) is 23.1 Å². The Hall–Kier alpha value is -2.30. The number of aromatic amines is 1. The van der Waals surface area contributed by atoms with E-state index in [0.717, 1.165) is 36.8 Å². The number of aromatic carboxylic acids is 1. The molecule has 1 aromatic heterocycles. The normalized spacial score (nSPS) is 18.6. The van der Waals surface area contributed by atoms with Gasteiger partial charge < -0.3 is 19.8 Å². The Morgan fingerprint density at radius 3 is 2.86 bits per heavy atom. The van der Waals surface area contributed by atoms with Gasteiger partial charge in [-0.1, -0.05) is 25.1 Å². The van der Waals surface area contributed by atoms with Gasteiger partial charge in [-0.05, 0) is 30.4 Å². The molecule has 5 heteroatoms. The predicted octanol–water partition coefficient (Wildman–Crippen LogP) is 1.33. The Kier molecular flexibility index (Phi) is 3.88. The molecule has 1 amide bonds. The van der Waals surface area contributed by atoms with Gasteiger partial charge in [-0.2, -0.15) is 0 Å². The second-order valence-corrected chi connectivity index (χ2v) is 6.08. The lowest BCUT2D eigenvalue weighted by atomic mass is 9.99. The summed E-state index contributed by atoms with van der Waals surface area (Å²) in [5, 5.41) is 12.1. The number of para-hydroxylation sites is 1. The van der Waals surface area contributed by atoms with Crippen LogP contribution in [-0.2, 0) is 11.2 Å². The third-order valence-electron chi connectivity index (χ3n) is 4.36. The number of amides is 1. The Labute approximate surface area is 128 Å². The van der Waals surface area contributed by atoms with Crippen LogP contribution in [0, 0.1) is 5.92 Å². The fourth-order valence-corrected chi connectivity index (χ4v) is 3.24. The number of aromatic nitrogens is 1. The van der Waals surface area contributed by atoms with Crippen LogP contribution in [-0.4, -0.2) is 34.8 Å². The van der Waals surface area contributed by atoms with E-state index < -0.39 is 5.97 Å². The highest BCUT2D eigenvalue weighted by molar-refractivity contribution is 5.99. The van der Waals surface area contributed by atoms with Crippen molar-refractivity contribution in [1.29, 1.82) is 0 Å². The molecule has 2 heterocycles. The Morgan fingerprint density at radius 1 is 1.36 bits per heavy atom. The van der Waals surface area contributed by atoms with Crippen LogP contribution in [0.25, 0.3) is 10.9 Å². The van der Waals surface area contributed by atoms with Crippen LogP contribution < -0.4 is 5.11 Å². The zero-order chi connectivity index (χ0) is 15.7. The predicted molar refractivity (Wildman–Crippen MR) is 81.3 cm³/mol. The maximum absolute atomic E-state index is 12.5. The average Bonchev–Trinajstić information content (AvgIpc) is 2.86. The van der Waals surface area contributed by atoms with Gasteiger partial charge in [-0.25, -0.2) is 0 Å². The van der Waals surface area contributed by atoms with Gasteiger partial charge in [-0.3, -0.25) is 4.79 Å². The average molecular weight is 299 g/mol. The van der Waals surface area contributed by atoms with Gasteiger partial charge in [-0.15, -0.1) is 0 Å². The quantitative estimate of drug-likeness (QED) is 0.929. The number of H-pyrrole nitrogens is 1. The van der Waals surface area contributed by atoms with E-state index in [1.165, 1.54) is 0 Å². The standard InChI is InChI=1S/C17H20N2O3/c1-11-5-4-8-19(10-11)15(20)9-13-12-6-2-3-7-14(12)18-16(13)17(21)22/h2-3,6-7,11,18H,4-5,8-10H2,1H3,(H,21,22)/p-1. The summed E-state index contributed by atoms with van der Waals surface area (Å²) in [5.41, 5.74) is 1.26. The number of carbonyl (C=O) groups excluding carboxylic acids is 2. The fourth-order valence-electron chi connectivity index (χ4n) is 3.24. The number of carboxylic acids is 1. The third-order valence-corrected chi connectivity index (χ3v) is 4.36. The molecule has 1 unspecified atom stereocenters. The van der Waals surface area contributed by atoms with Crippen LogP contribution in [0.1, 0.15) is 35.8 Å². The van der Waals surface area contributed by atoms with Gasteiger partial charge in [0.2, 0.25) is 5.91 Å². The fraction of sp³-hybridized carbons (Fsp3) is 0.412. The van der Waals surface area contributed by atoms with Crippen molar-refractivity contribution in [1.82, 2.24) is 9.88 Å². The zero-order valence-electron chi connectivity index (χ0n) is 12.6. The molecular formula is C17H19N2O3-. The lowest BCUT2D eigenvalue weighted by Crippen LogP contribution is -2.40. The van der Waals surface area contributed by atoms with Crippen molar-refractivity contribution in [2.75, 3.05) is 13.1 Å². The van der Waals surface area contributed by atoms with Crippen molar-refractivity contribution < 1.29 is 14.7 Å². The molecule has 1 N–H and O–H groups in total. The number of hydrogen-bond acceptors (Lipinski definition) is 3. The highest BCUT2D eigenvalue weighted by atomic mass is 16.4. The molecule has 0 bridgehead atoms. The van der Waals surface area contributed by atoms with Gasteiger partial charge in [0, 0.05) is 24.0 Å². The minimum atomic E-state index is -1.27. The first-order valence-electron chi connectivity index (χ1n) is 7.65. The molecule has 1 aromatic carbocycles. The minimum Gasteiger partial charge on any atom is -0.543 e. The molecule has 2 aromatic rings. The summed E-state index contributed by atoms with van der Waals surface area (Å²) in [7, 11) is 0. The Morgan fingerprint density at radius 2 is 2.14 bits per heavy atom. The zero-order valence-corrected chi connectivity index (χ0v) is 12.6. The number of nitrogens with zero attached hydrogens (tertiary/aromatic N) is 1. The van der Waals surface area contributed by atoms with E-state index in [4.69, 9.17) is 0 Å². The van der Waals surface area contributed by atoms with Crippen molar-refractivity contribution in [2.45, 2.75) is 26.2 Å². The molecule has 1 atom stereocenters. The number of hydrogen-bond donors (Lipinski definition) is 1. The summed E-state index contributed by atoms with van der Waals surface area (Å²) >= 11 is 0. The van der Waals surface area contributed by atoms with Crippen LogP contribution in [0.4, 0.5) is 0 Å². The highest BCUT2D eigenvalue weighted by Crippen LogP contribution is 2.24. The molecule has 0 spiro atoms. The first-order chi connectivity index (χ1) is 10.6. The van der Waals surface area contributed by atoms with Crippen molar-refractivity contribution in [2.24, 2.45) is 5.92 Å². The number of nitrogens with one attached hydrogen (secondary N) is 1. The number of likely N-dealkylation sites (tertiary alicyclic amines) is 1. The molecule has 0 saturated carbocycles. The van der Waals surface area contributed by atoms with Gasteiger partial charge in [0.05, 0.1) is 18.1 Å². The Balaban J connectivity index is 1.90. The number of piperidine rings is 1. The molecule has 5 nitrogen and oxygen atoms in total. The summed E-state index contributed by atoms with van der Waals surface area (Å²) in [6.45, 7) is 3.64. The van der Waals surface area contributed by atoms with Crippen LogP contribution in [0.15, 0.2) is 24.3 Å². The highest BCUT2D eigenvalue weighted by Gasteiger charge is 2.23. The third kappa shape index (κ3) is 2.71. The summed E-state index contributed by atoms with van der Waals surface area (Å²) in [6.07, 6.45) is 2.25. The summed E-state index contributed by atoms with van der Waals surface area (Å²) < 4.78 is 0. The molecule has 1 aliphatic rings. The van der Waals surface area contributed by atoms with Crippen molar-refractivity contribution in [3.63, 3.8) is 0 Å². The first kappa shape index (κ1) is 14.6. The molecule has 1 fully saturated rings. The lowest BCUT2D eigenvalue weighted by molar-refractivity contribution is -0.255. The molecular weight excluding hydrogens is 280 g/mol. The molecule has 1 saturated heterocycles. The monoisotopic (exact) mass is 299 g/mol.